The highest BCUT2D eigenvalue weighted by molar-refractivity contribution is 5.82. The van der Waals surface area contributed by atoms with E-state index in [9.17, 15) is 4.79 Å². The summed E-state index contributed by atoms with van der Waals surface area (Å²) in [5.41, 5.74) is 2.22. The van der Waals surface area contributed by atoms with Crippen LogP contribution in [0.15, 0.2) is 36.7 Å². The van der Waals surface area contributed by atoms with Crippen molar-refractivity contribution >= 4 is 5.91 Å². The summed E-state index contributed by atoms with van der Waals surface area (Å²) in [7, 11) is 1.56. The number of ether oxygens (including phenoxy) is 2. The summed E-state index contributed by atoms with van der Waals surface area (Å²) in [5, 5.41) is 6.50. The van der Waals surface area contributed by atoms with Gasteiger partial charge in [-0.15, -0.1) is 0 Å². The van der Waals surface area contributed by atoms with Crippen molar-refractivity contribution in [1.82, 2.24) is 25.5 Å². The summed E-state index contributed by atoms with van der Waals surface area (Å²) in [5.74, 6) is 1.36. The van der Waals surface area contributed by atoms with Gasteiger partial charge in [0.05, 0.1) is 19.8 Å². The molecule has 1 aromatic heterocycles. The number of benzene rings is 1. The van der Waals surface area contributed by atoms with Crippen LogP contribution in [0.3, 0.4) is 0 Å². The van der Waals surface area contributed by atoms with Gasteiger partial charge in [0.2, 0.25) is 5.91 Å². The number of carbonyl (C=O) groups excluding carboxylic acids is 1. The van der Waals surface area contributed by atoms with Crippen LogP contribution in [0.1, 0.15) is 36.3 Å². The van der Waals surface area contributed by atoms with Gasteiger partial charge in [-0.25, -0.2) is 9.97 Å². The van der Waals surface area contributed by atoms with E-state index in [2.05, 4.69) is 37.6 Å². The number of methoxy groups -OCH3 is 1. The van der Waals surface area contributed by atoms with Gasteiger partial charge in [-0.1, -0.05) is 18.2 Å². The molecule has 2 aliphatic rings. The molecule has 2 atom stereocenters. The second-order valence-electron chi connectivity index (χ2n) is 8.11. The number of fused-ring (bicyclic) bond motifs is 4. The largest absolute Gasteiger partial charge is 0.493 e. The molecule has 0 unspecified atom stereocenters. The van der Waals surface area contributed by atoms with E-state index in [-0.39, 0.29) is 11.9 Å². The third-order valence-electron chi connectivity index (χ3n) is 5.95. The molecule has 2 aromatic rings. The number of aromatic nitrogens is 2. The van der Waals surface area contributed by atoms with Crippen LogP contribution in [0.2, 0.25) is 0 Å². The van der Waals surface area contributed by atoms with E-state index in [1.807, 2.05) is 12.1 Å². The minimum absolute atomic E-state index is 0.0767. The van der Waals surface area contributed by atoms with E-state index >= 15 is 0 Å². The number of carbonyl (C=O) groups is 1. The molecule has 2 aliphatic heterocycles. The summed E-state index contributed by atoms with van der Waals surface area (Å²) in [6.07, 6.45) is 6.28. The molecule has 8 heteroatoms. The molecule has 2 bridgehead atoms. The van der Waals surface area contributed by atoms with Crippen LogP contribution in [0.5, 0.6) is 11.8 Å². The summed E-state index contributed by atoms with van der Waals surface area (Å²) < 4.78 is 11.2. The molecule has 1 aromatic carbocycles. The lowest BCUT2D eigenvalue weighted by Crippen LogP contribution is -2.49. The van der Waals surface area contributed by atoms with Crippen molar-refractivity contribution in [3.8, 4) is 11.8 Å². The SMILES string of the molecule is COc1ncc(CN2CCCOc3ccccc3[C@H]3CCN[C@H](C3)C(=O)NCC2)cn1. The molecule has 3 heterocycles. The van der Waals surface area contributed by atoms with Crippen LogP contribution in [0.4, 0.5) is 0 Å². The zero-order valence-electron chi connectivity index (χ0n) is 18.0. The molecule has 0 saturated carbocycles. The Morgan fingerprint density at radius 1 is 1.19 bits per heavy atom. The summed E-state index contributed by atoms with van der Waals surface area (Å²) >= 11 is 0. The first-order valence-corrected chi connectivity index (χ1v) is 11.0. The summed E-state index contributed by atoms with van der Waals surface area (Å²) in [6, 6.07) is 8.46. The molecule has 1 saturated heterocycles. The maximum absolute atomic E-state index is 12.8. The van der Waals surface area contributed by atoms with E-state index < -0.39 is 0 Å². The van der Waals surface area contributed by atoms with Gasteiger partial charge in [-0.3, -0.25) is 9.69 Å². The van der Waals surface area contributed by atoms with Gasteiger partial charge in [0.25, 0.3) is 0 Å². The highest BCUT2D eigenvalue weighted by atomic mass is 16.5. The lowest BCUT2D eigenvalue weighted by molar-refractivity contribution is -0.123. The standard InChI is InChI=1S/C23H31N5O3/c1-30-23-26-14-17(15-27-23)16-28-10-4-12-31-21-6-3-2-5-19(21)18-7-8-24-20(13-18)22(29)25-9-11-28/h2-3,5-6,14-15,18,20,24H,4,7-13,16H2,1H3,(H,25,29)/t18-,20+/m0/s1. The Balaban J connectivity index is 1.46. The highest BCUT2D eigenvalue weighted by Gasteiger charge is 2.29. The van der Waals surface area contributed by atoms with Crippen molar-refractivity contribution in [2.24, 2.45) is 0 Å². The quantitative estimate of drug-likeness (QED) is 0.774. The smallest absolute Gasteiger partial charge is 0.316 e. The number of para-hydroxylation sites is 1. The number of piperidine rings is 1. The van der Waals surface area contributed by atoms with Gasteiger partial charge >= 0.3 is 6.01 Å². The van der Waals surface area contributed by atoms with Crippen LogP contribution in [0, 0.1) is 0 Å². The Labute approximate surface area is 183 Å². The van der Waals surface area contributed by atoms with Crippen LogP contribution in [-0.2, 0) is 11.3 Å². The first kappa shape index (κ1) is 21.5. The number of hydrogen-bond acceptors (Lipinski definition) is 7. The van der Waals surface area contributed by atoms with Crippen molar-refractivity contribution in [2.45, 2.75) is 37.8 Å². The molecule has 0 aliphatic carbocycles. The van der Waals surface area contributed by atoms with Crippen LogP contribution >= 0.6 is 0 Å². The molecular weight excluding hydrogens is 394 g/mol. The van der Waals surface area contributed by atoms with Gasteiger partial charge in [0.1, 0.15) is 5.75 Å². The maximum atomic E-state index is 12.8. The fourth-order valence-electron chi connectivity index (χ4n) is 4.34. The predicted octanol–water partition coefficient (Wildman–Crippen LogP) is 1.72. The fourth-order valence-corrected chi connectivity index (χ4v) is 4.34. The monoisotopic (exact) mass is 425 g/mol. The number of nitrogens with one attached hydrogen (secondary N) is 2. The Morgan fingerprint density at radius 2 is 2.03 bits per heavy atom. The minimum Gasteiger partial charge on any atom is -0.493 e. The Kier molecular flexibility index (Phi) is 7.32. The van der Waals surface area contributed by atoms with Crippen LogP contribution in [-0.4, -0.2) is 66.7 Å². The van der Waals surface area contributed by atoms with Gasteiger partial charge in [0, 0.05) is 44.1 Å². The third-order valence-corrected chi connectivity index (χ3v) is 5.95. The van der Waals surface area contributed by atoms with Crippen molar-refractivity contribution in [3.63, 3.8) is 0 Å². The van der Waals surface area contributed by atoms with E-state index in [0.29, 0.717) is 31.6 Å². The van der Waals surface area contributed by atoms with Gasteiger partial charge in [0.15, 0.2) is 0 Å². The van der Waals surface area contributed by atoms with E-state index in [1.54, 1.807) is 19.5 Å². The molecule has 4 rings (SSSR count). The summed E-state index contributed by atoms with van der Waals surface area (Å²) in [4.78, 5) is 23.5. The molecule has 1 amide bonds. The molecule has 0 spiro atoms. The van der Waals surface area contributed by atoms with Crippen LogP contribution in [0.25, 0.3) is 0 Å². The van der Waals surface area contributed by atoms with E-state index in [0.717, 1.165) is 50.2 Å². The first-order valence-electron chi connectivity index (χ1n) is 11.0. The second-order valence-corrected chi connectivity index (χ2v) is 8.11. The number of hydrogen-bond donors (Lipinski definition) is 2. The number of amides is 1. The number of nitrogens with zero attached hydrogens (tertiary/aromatic N) is 3. The Bertz CT molecular complexity index is 861. The molecule has 1 fully saturated rings. The fraction of sp³-hybridized carbons (Fsp3) is 0.522. The van der Waals surface area contributed by atoms with Crippen molar-refractivity contribution in [2.75, 3.05) is 39.9 Å². The van der Waals surface area contributed by atoms with Gasteiger partial charge in [-0.05, 0) is 43.4 Å². The molecule has 8 nitrogen and oxygen atoms in total. The Morgan fingerprint density at radius 3 is 2.87 bits per heavy atom. The normalized spacial score (nSPS) is 23.1. The first-order chi connectivity index (χ1) is 15.2. The zero-order chi connectivity index (χ0) is 21.5. The lowest BCUT2D eigenvalue weighted by Gasteiger charge is -2.31. The third kappa shape index (κ3) is 5.71. The van der Waals surface area contributed by atoms with E-state index in [1.165, 1.54) is 5.56 Å². The van der Waals surface area contributed by atoms with Crippen molar-refractivity contribution in [1.29, 1.82) is 0 Å². The van der Waals surface area contributed by atoms with Gasteiger partial charge < -0.3 is 20.1 Å². The number of rotatable bonds is 3. The van der Waals surface area contributed by atoms with Crippen LogP contribution < -0.4 is 20.1 Å². The van der Waals surface area contributed by atoms with E-state index in [4.69, 9.17) is 9.47 Å². The average molecular weight is 426 g/mol. The maximum Gasteiger partial charge on any atom is 0.316 e. The minimum atomic E-state index is -0.168. The molecule has 0 radical (unpaired) electrons. The molecular formula is C23H31N5O3. The molecule has 166 valence electrons. The second kappa shape index (κ2) is 10.5. The average Bonchev–Trinajstić information content (AvgIpc) is 2.82. The highest BCUT2D eigenvalue weighted by Crippen LogP contribution is 2.34. The topological polar surface area (TPSA) is 88.6 Å². The van der Waals surface area contributed by atoms with Crippen molar-refractivity contribution in [3.05, 3.63) is 47.8 Å². The lowest BCUT2D eigenvalue weighted by atomic mass is 9.85. The molecule has 31 heavy (non-hydrogen) atoms. The van der Waals surface area contributed by atoms with Gasteiger partial charge in [-0.2, -0.15) is 0 Å². The summed E-state index contributed by atoms with van der Waals surface area (Å²) in [6.45, 7) is 4.42. The Hall–Kier alpha value is -2.71. The van der Waals surface area contributed by atoms with Crippen molar-refractivity contribution < 1.29 is 14.3 Å². The predicted molar refractivity (Wildman–Crippen MR) is 117 cm³/mol. The zero-order valence-corrected chi connectivity index (χ0v) is 18.0. The molecule has 2 N–H and O–H groups in total.